The predicted molar refractivity (Wildman–Crippen MR) is 62.9 cm³/mol. The first-order chi connectivity index (χ1) is 8.37. The highest BCUT2D eigenvalue weighted by Gasteiger charge is 2.29. The summed E-state index contributed by atoms with van der Waals surface area (Å²) in [7, 11) is 0. The van der Waals surface area contributed by atoms with Crippen molar-refractivity contribution in [3.8, 4) is 0 Å². The number of nitrogens with zero attached hydrogens (tertiary/aromatic N) is 2. The van der Waals surface area contributed by atoms with Crippen LogP contribution in [0.15, 0.2) is 0 Å². The van der Waals surface area contributed by atoms with Gasteiger partial charge in [0.15, 0.2) is 0 Å². The second-order valence-electron chi connectivity index (χ2n) is 4.41. The Hall–Kier alpha value is -1.04. The number of nitrogens with one attached hydrogen (secondary N) is 1. The molecule has 2 rings (SSSR count). The molecule has 0 radical (unpaired) electrons. The van der Waals surface area contributed by atoms with Crippen molar-refractivity contribution < 1.29 is 13.2 Å². The molecular weight excluding hydrogens is 267 g/mol. The van der Waals surface area contributed by atoms with Crippen molar-refractivity contribution >= 4 is 17.4 Å². The first-order valence-electron chi connectivity index (χ1n) is 5.71. The average molecular weight is 280 g/mol. The van der Waals surface area contributed by atoms with Gasteiger partial charge in [0.25, 0.3) is 0 Å². The van der Waals surface area contributed by atoms with Crippen molar-refractivity contribution in [2.45, 2.75) is 38.3 Å². The monoisotopic (exact) mass is 279 g/mol. The highest BCUT2D eigenvalue weighted by molar-refractivity contribution is 6.30. The number of alkyl halides is 3. The van der Waals surface area contributed by atoms with Crippen molar-refractivity contribution in [2.75, 3.05) is 11.9 Å². The molecule has 3 nitrogen and oxygen atoms in total. The summed E-state index contributed by atoms with van der Waals surface area (Å²) in [6, 6.07) is 0. The second kappa shape index (κ2) is 4.91. The Balaban J connectivity index is 2.06. The molecule has 1 heterocycles. The summed E-state index contributed by atoms with van der Waals surface area (Å²) in [4.78, 5) is 8.38. The summed E-state index contributed by atoms with van der Waals surface area (Å²) in [6.45, 7) is 1.48. The van der Waals surface area contributed by atoms with Gasteiger partial charge >= 0.3 is 6.18 Å². The lowest BCUT2D eigenvalue weighted by molar-refractivity contribution is -0.131. The van der Waals surface area contributed by atoms with Crippen LogP contribution in [-0.2, 0) is 0 Å². The first kappa shape index (κ1) is 13.4. The normalized spacial score (nSPS) is 15.8. The maximum Gasteiger partial charge on any atom is 0.390 e. The molecule has 0 atom stereocenters. The fraction of sp³-hybridized carbons (Fsp3) is 0.636. The number of hydrogen-bond acceptors (Lipinski definition) is 3. The molecule has 1 saturated carbocycles. The minimum Gasteiger partial charge on any atom is -0.369 e. The van der Waals surface area contributed by atoms with Gasteiger partial charge in [0.05, 0.1) is 6.42 Å². The van der Waals surface area contributed by atoms with Crippen LogP contribution in [0, 0.1) is 6.92 Å². The Morgan fingerprint density at radius 3 is 2.56 bits per heavy atom. The molecule has 0 saturated heterocycles. The van der Waals surface area contributed by atoms with E-state index < -0.39 is 12.6 Å². The van der Waals surface area contributed by atoms with Crippen LogP contribution >= 0.6 is 11.6 Å². The third kappa shape index (κ3) is 3.48. The summed E-state index contributed by atoms with van der Waals surface area (Å²) in [6.07, 6.45) is -3.04. The van der Waals surface area contributed by atoms with Gasteiger partial charge in [-0.2, -0.15) is 13.2 Å². The van der Waals surface area contributed by atoms with Crippen LogP contribution < -0.4 is 5.32 Å². The van der Waals surface area contributed by atoms with E-state index in [1.54, 1.807) is 6.92 Å². The average Bonchev–Trinajstić information content (AvgIpc) is 3.05. The third-order valence-corrected chi connectivity index (χ3v) is 3.12. The lowest BCUT2D eigenvalue weighted by Gasteiger charge is -2.12. The molecule has 0 unspecified atom stereocenters. The molecule has 1 aliphatic rings. The van der Waals surface area contributed by atoms with Crippen LogP contribution in [0.1, 0.15) is 36.6 Å². The summed E-state index contributed by atoms with van der Waals surface area (Å²) in [5, 5.41) is 2.98. The second-order valence-corrected chi connectivity index (χ2v) is 4.77. The van der Waals surface area contributed by atoms with E-state index in [2.05, 4.69) is 15.3 Å². The van der Waals surface area contributed by atoms with E-state index in [1.165, 1.54) is 0 Å². The Labute approximate surface area is 108 Å². The molecule has 0 bridgehead atoms. The third-order valence-electron chi connectivity index (χ3n) is 2.75. The quantitative estimate of drug-likeness (QED) is 0.855. The van der Waals surface area contributed by atoms with E-state index in [0.29, 0.717) is 28.3 Å². The van der Waals surface area contributed by atoms with Crippen molar-refractivity contribution in [3.05, 3.63) is 16.5 Å². The summed E-state index contributed by atoms with van der Waals surface area (Å²) >= 11 is 5.95. The number of aromatic nitrogens is 2. The molecule has 18 heavy (non-hydrogen) atoms. The minimum atomic E-state index is -4.17. The fourth-order valence-corrected chi connectivity index (χ4v) is 1.70. The number of halogens is 4. The minimum absolute atomic E-state index is 0.207. The molecule has 0 aliphatic heterocycles. The van der Waals surface area contributed by atoms with Gasteiger partial charge in [-0.25, -0.2) is 9.97 Å². The molecular formula is C11H13ClF3N3. The maximum atomic E-state index is 12.1. The van der Waals surface area contributed by atoms with E-state index in [0.717, 1.165) is 12.8 Å². The van der Waals surface area contributed by atoms with Crippen molar-refractivity contribution in [1.82, 2.24) is 9.97 Å². The van der Waals surface area contributed by atoms with Gasteiger partial charge in [-0.15, -0.1) is 0 Å². The van der Waals surface area contributed by atoms with Gasteiger partial charge in [-0.3, -0.25) is 0 Å². The zero-order valence-corrected chi connectivity index (χ0v) is 10.6. The highest BCUT2D eigenvalue weighted by atomic mass is 35.5. The molecule has 7 heteroatoms. The topological polar surface area (TPSA) is 37.8 Å². The summed E-state index contributed by atoms with van der Waals surface area (Å²) in [5.41, 5.74) is 0.586. The molecule has 0 aromatic carbocycles. The SMILES string of the molecule is Cc1c(Cl)nc(C2CC2)nc1NCCC(F)(F)F. The Bertz CT molecular complexity index is 444. The molecule has 1 N–H and O–H groups in total. The standard InChI is InChI=1S/C11H13ClF3N3/c1-6-8(12)17-10(7-2-3-7)18-9(6)16-5-4-11(13,14)15/h7H,2-5H2,1H3,(H,16,17,18). The van der Waals surface area contributed by atoms with Gasteiger partial charge in [0.1, 0.15) is 16.8 Å². The van der Waals surface area contributed by atoms with E-state index >= 15 is 0 Å². The predicted octanol–water partition coefficient (Wildman–Crippen LogP) is 3.68. The van der Waals surface area contributed by atoms with Crippen LogP contribution in [0.4, 0.5) is 19.0 Å². The summed E-state index contributed by atoms with van der Waals surface area (Å²) in [5.74, 6) is 1.34. The van der Waals surface area contributed by atoms with Crippen molar-refractivity contribution in [3.63, 3.8) is 0 Å². The van der Waals surface area contributed by atoms with Crippen LogP contribution in [0.25, 0.3) is 0 Å². The fourth-order valence-electron chi connectivity index (χ4n) is 1.52. The zero-order valence-electron chi connectivity index (χ0n) is 9.81. The lowest BCUT2D eigenvalue weighted by atomic mass is 10.3. The number of rotatable bonds is 4. The van der Waals surface area contributed by atoms with Gasteiger partial charge < -0.3 is 5.32 Å². The van der Waals surface area contributed by atoms with Crippen molar-refractivity contribution in [1.29, 1.82) is 0 Å². The smallest absolute Gasteiger partial charge is 0.369 e. The molecule has 100 valence electrons. The molecule has 1 aliphatic carbocycles. The van der Waals surface area contributed by atoms with E-state index in [1.807, 2.05) is 0 Å². The van der Waals surface area contributed by atoms with E-state index in [4.69, 9.17) is 11.6 Å². The first-order valence-corrected chi connectivity index (χ1v) is 6.09. The van der Waals surface area contributed by atoms with E-state index in [-0.39, 0.29) is 6.54 Å². The largest absolute Gasteiger partial charge is 0.390 e. The van der Waals surface area contributed by atoms with E-state index in [9.17, 15) is 13.2 Å². The molecule has 0 spiro atoms. The van der Waals surface area contributed by atoms with Gasteiger partial charge in [-0.1, -0.05) is 11.6 Å². The Morgan fingerprint density at radius 1 is 1.33 bits per heavy atom. The van der Waals surface area contributed by atoms with Gasteiger partial charge in [0, 0.05) is 18.0 Å². The number of anilines is 1. The van der Waals surface area contributed by atoms with Gasteiger partial charge in [0.2, 0.25) is 0 Å². The molecule has 1 aromatic heterocycles. The zero-order chi connectivity index (χ0) is 13.3. The summed E-state index contributed by atoms with van der Waals surface area (Å²) < 4.78 is 36.2. The highest BCUT2D eigenvalue weighted by Crippen LogP contribution is 2.39. The number of hydrogen-bond donors (Lipinski definition) is 1. The van der Waals surface area contributed by atoms with Crippen LogP contribution in [0.3, 0.4) is 0 Å². The molecule has 1 aromatic rings. The Morgan fingerprint density at radius 2 is 2.00 bits per heavy atom. The van der Waals surface area contributed by atoms with Crippen LogP contribution in [0.5, 0.6) is 0 Å². The van der Waals surface area contributed by atoms with Crippen LogP contribution in [0.2, 0.25) is 5.15 Å². The van der Waals surface area contributed by atoms with Crippen LogP contribution in [-0.4, -0.2) is 22.7 Å². The molecule has 1 fully saturated rings. The Kier molecular flexibility index (Phi) is 3.66. The van der Waals surface area contributed by atoms with Crippen molar-refractivity contribution in [2.24, 2.45) is 0 Å². The lowest BCUT2D eigenvalue weighted by Crippen LogP contribution is -2.16. The van der Waals surface area contributed by atoms with Gasteiger partial charge in [-0.05, 0) is 19.8 Å². The maximum absolute atomic E-state index is 12.1. The molecule has 0 amide bonds.